The summed E-state index contributed by atoms with van der Waals surface area (Å²) in [4.78, 5) is 11.1. The maximum absolute atomic E-state index is 13.4. The zero-order chi connectivity index (χ0) is 14.6. The van der Waals surface area contributed by atoms with Crippen molar-refractivity contribution in [2.24, 2.45) is 0 Å². The molecule has 0 bridgehead atoms. The van der Waals surface area contributed by atoms with Crippen LogP contribution in [0.5, 0.6) is 0 Å². The van der Waals surface area contributed by atoms with Crippen molar-refractivity contribution in [2.45, 2.75) is 23.5 Å². The van der Waals surface area contributed by atoms with Crippen molar-refractivity contribution in [2.75, 3.05) is 12.3 Å². The number of anilines is 1. The molecule has 0 aliphatic heterocycles. The Kier molecular flexibility index (Phi) is 5.04. The summed E-state index contributed by atoms with van der Waals surface area (Å²) in [6, 6.07) is 2.49. The van der Waals surface area contributed by atoms with Gasteiger partial charge in [-0.1, -0.05) is 11.8 Å². The molecule has 1 unspecified atom stereocenters. The van der Waals surface area contributed by atoms with Gasteiger partial charge in [-0.3, -0.25) is 0 Å². The summed E-state index contributed by atoms with van der Waals surface area (Å²) in [6.45, 7) is 1.53. The maximum Gasteiger partial charge on any atom is 0.416 e. The SMILES string of the molecule is CCOC(=O)C(F)Sc1ccc(C(F)(F)F)cc1N. The lowest BCUT2D eigenvalue weighted by Crippen LogP contribution is -2.15. The number of halogens is 4. The lowest BCUT2D eigenvalue weighted by molar-refractivity contribution is -0.145. The molecule has 0 spiro atoms. The first kappa shape index (κ1) is 15.6. The van der Waals surface area contributed by atoms with Crippen LogP contribution in [0.4, 0.5) is 23.2 Å². The van der Waals surface area contributed by atoms with Crippen molar-refractivity contribution >= 4 is 23.4 Å². The molecule has 0 saturated heterocycles. The Labute approximate surface area is 111 Å². The van der Waals surface area contributed by atoms with E-state index in [9.17, 15) is 22.4 Å². The van der Waals surface area contributed by atoms with Crippen LogP contribution in [0.15, 0.2) is 23.1 Å². The van der Waals surface area contributed by atoms with Gasteiger partial charge in [0, 0.05) is 10.6 Å². The fourth-order valence-electron chi connectivity index (χ4n) is 1.20. The maximum atomic E-state index is 13.4. The van der Waals surface area contributed by atoms with Gasteiger partial charge < -0.3 is 10.5 Å². The monoisotopic (exact) mass is 297 g/mol. The molecule has 2 N–H and O–H groups in total. The second-order valence-electron chi connectivity index (χ2n) is 3.44. The Morgan fingerprint density at radius 2 is 2.11 bits per heavy atom. The number of ether oxygens (including phenoxy) is 1. The summed E-state index contributed by atoms with van der Waals surface area (Å²) in [5.74, 6) is -1.09. The van der Waals surface area contributed by atoms with E-state index in [0.717, 1.165) is 12.1 Å². The number of carbonyl (C=O) groups excluding carboxylic acids is 1. The van der Waals surface area contributed by atoms with Crippen LogP contribution in [0.2, 0.25) is 0 Å². The van der Waals surface area contributed by atoms with E-state index in [1.165, 1.54) is 6.92 Å². The number of alkyl halides is 4. The van der Waals surface area contributed by atoms with E-state index in [1.54, 1.807) is 0 Å². The quantitative estimate of drug-likeness (QED) is 0.401. The van der Waals surface area contributed by atoms with Gasteiger partial charge in [0.05, 0.1) is 12.2 Å². The van der Waals surface area contributed by atoms with Crippen LogP contribution < -0.4 is 5.73 Å². The van der Waals surface area contributed by atoms with Crippen LogP contribution >= 0.6 is 11.8 Å². The zero-order valence-electron chi connectivity index (χ0n) is 9.83. The Bertz CT molecular complexity index is 464. The number of nitrogens with two attached hydrogens (primary N) is 1. The summed E-state index contributed by atoms with van der Waals surface area (Å²) in [6.07, 6.45) is -4.52. The molecule has 1 atom stereocenters. The number of nitrogen functional groups attached to an aromatic ring is 1. The third-order valence-electron chi connectivity index (χ3n) is 2.04. The van der Waals surface area contributed by atoms with Crippen LogP contribution in [-0.4, -0.2) is 18.1 Å². The lowest BCUT2D eigenvalue weighted by atomic mass is 10.2. The Balaban J connectivity index is 2.83. The molecule has 1 aromatic carbocycles. The van der Waals surface area contributed by atoms with E-state index in [0.29, 0.717) is 17.8 Å². The van der Waals surface area contributed by atoms with E-state index in [4.69, 9.17) is 5.73 Å². The second kappa shape index (κ2) is 6.14. The van der Waals surface area contributed by atoms with Crippen LogP contribution in [-0.2, 0) is 15.7 Å². The van der Waals surface area contributed by atoms with Crippen LogP contribution in [0.1, 0.15) is 12.5 Å². The molecule has 8 heteroatoms. The molecule has 0 fully saturated rings. The Hall–Kier alpha value is -1.44. The number of thioether (sulfide) groups is 1. The van der Waals surface area contributed by atoms with Gasteiger partial charge in [-0.25, -0.2) is 9.18 Å². The summed E-state index contributed by atoms with van der Waals surface area (Å²) in [5.41, 5.74) is 2.20. The van der Waals surface area contributed by atoms with Gasteiger partial charge in [0.15, 0.2) is 0 Å². The van der Waals surface area contributed by atoms with Crippen molar-refractivity contribution in [3.8, 4) is 0 Å². The van der Waals surface area contributed by atoms with Gasteiger partial charge in [0.1, 0.15) is 0 Å². The molecule has 0 heterocycles. The number of benzene rings is 1. The molecule has 0 aromatic heterocycles. The fraction of sp³-hybridized carbons (Fsp3) is 0.364. The van der Waals surface area contributed by atoms with Gasteiger partial charge in [-0.05, 0) is 25.1 Å². The molecule has 106 valence electrons. The molecule has 0 saturated carbocycles. The van der Waals surface area contributed by atoms with Gasteiger partial charge >= 0.3 is 12.1 Å². The summed E-state index contributed by atoms with van der Waals surface area (Å²) < 4.78 is 55.0. The number of rotatable bonds is 4. The average Bonchev–Trinajstić information content (AvgIpc) is 2.30. The van der Waals surface area contributed by atoms with E-state index < -0.39 is 23.2 Å². The van der Waals surface area contributed by atoms with E-state index in [-0.39, 0.29) is 17.2 Å². The summed E-state index contributed by atoms with van der Waals surface area (Å²) in [7, 11) is 0. The highest BCUT2D eigenvalue weighted by Gasteiger charge is 2.31. The standard InChI is InChI=1S/C11H11F4NO2S/c1-2-18-10(17)9(12)19-8-4-3-6(5-7(8)16)11(13,14)15/h3-5,9H,2,16H2,1H3. The summed E-state index contributed by atoms with van der Waals surface area (Å²) in [5, 5.41) is 0. The highest BCUT2D eigenvalue weighted by Crippen LogP contribution is 2.36. The first-order valence-electron chi connectivity index (χ1n) is 5.19. The second-order valence-corrected chi connectivity index (χ2v) is 4.53. The third-order valence-corrected chi connectivity index (χ3v) is 3.06. The van der Waals surface area contributed by atoms with Gasteiger partial charge in [0.2, 0.25) is 5.50 Å². The molecule has 1 aromatic rings. The smallest absolute Gasteiger partial charge is 0.416 e. The highest BCUT2D eigenvalue weighted by molar-refractivity contribution is 8.00. The topological polar surface area (TPSA) is 52.3 Å². The van der Waals surface area contributed by atoms with Crippen molar-refractivity contribution in [3.63, 3.8) is 0 Å². The first-order chi connectivity index (χ1) is 8.75. The molecule has 0 radical (unpaired) electrons. The lowest BCUT2D eigenvalue weighted by Gasteiger charge is -2.12. The number of carbonyl (C=O) groups is 1. The first-order valence-corrected chi connectivity index (χ1v) is 6.07. The number of hydrogen-bond donors (Lipinski definition) is 1. The minimum absolute atomic E-state index is 0.0162. The van der Waals surface area contributed by atoms with Crippen molar-refractivity contribution in [1.82, 2.24) is 0 Å². The predicted octanol–water partition coefficient (Wildman–Crippen LogP) is 3.24. The molecule has 3 nitrogen and oxygen atoms in total. The Morgan fingerprint density at radius 3 is 2.58 bits per heavy atom. The van der Waals surface area contributed by atoms with E-state index in [2.05, 4.69) is 4.74 Å². The van der Waals surface area contributed by atoms with Crippen molar-refractivity contribution < 1.29 is 27.1 Å². The average molecular weight is 297 g/mol. The normalized spacial score (nSPS) is 13.1. The molecule has 19 heavy (non-hydrogen) atoms. The minimum Gasteiger partial charge on any atom is -0.463 e. The highest BCUT2D eigenvalue weighted by atomic mass is 32.2. The van der Waals surface area contributed by atoms with Crippen LogP contribution in [0.25, 0.3) is 0 Å². The Morgan fingerprint density at radius 1 is 1.47 bits per heavy atom. The molecule has 0 aliphatic carbocycles. The number of hydrogen-bond acceptors (Lipinski definition) is 4. The largest absolute Gasteiger partial charge is 0.463 e. The van der Waals surface area contributed by atoms with Crippen molar-refractivity contribution in [3.05, 3.63) is 23.8 Å². The predicted molar refractivity (Wildman–Crippen MR) is 63.2 cm³/mol. The molecule has 1 rings (SSSR count). The van der Waals surface area contributed by atoms with Gasteiger partial charge in [-0.2, -0.15) is 13.2 Å². The van der Waals surface area contributed by atoms with E-state index >= 15 is 0 Å². The van der Waals surface area contributed by atoms with Crippen LogP contribution in [0.3, 0.4) is 0 Å². The molecular formula is C11H11F4NO2S. The zero-order valence-corrected chi connectivity index (χ0v) is 10.6. The summed E-state index contributed by atoms with van der Waals surface area (Å²) >= 11 is 0.404. The van der Waals surface area contributed by atoms with Crippen LogP contribution in [0, 0.1) is 0 Å². The van der Waals surface area contributed by atoms with E-state index in [1.807, 2.05) is 0 Å². The molecular weight excluding hydrogens is 286 g/mol. The van der Waals surface area contributed by atoms with Gasteiger partial charge in [-0.15, -0.1) is 0 Å². The van der Waals surface area contributed by atoms with Crippen molar-refractivity contribution in [1.29, 1.82) is 0 Å². The van der Waals surface area contributed by atoms with Gasteiger partial charge in [0.25, 0.3) is 0 Å². The number of esters is 1. The minimum atomic E-state index is -4.52. The molecule has 0 amide bonds. The molecule has 0 aliphatic rings. The third kappa shape index (κ3) is 4.30. The fourth-order valence-corrected chi connectivity index (χ4v) is 1.93.